The number of hydrogen-bond donors (Lipinski definition) is 3. The number of nitrogens with two attached hydrogens (primary N) is 1. The molecule has 1 heterocycles. The van der Waals surface area contributed by atoms with Crippen LogP contribution in [0.1, 0.15) is 13.8 Å². The summed E-state index contributed by atoms with van der Waals surface area (Å²) in [4.78, 5) is 15.1. The second-order valence-corrected chi connectivity index (χ2v) is 3.96. The van der Waals surface area contributed by atoms with Gasteiger partial charge in [0.1, 0.15) is 5.82 Å². The van der Waals surface area contributed by atoms with Crippen molar-refractivity contribution in [2.75, 3.05) is 23.7 Å². The van der Waals surface area contributed by atoms with Gasteiger partial charge in [-0.05, 0) is 18.1 Å². The van der Waals surface area contributed by atoms with Gasteiger partial charge in [0.2, 0.25) is 5.91 Å². The fourth-order valence-corrected chi connectivity index (χ4v) is 1.09. The van der Waals surface area contributed by atoms with Crippen LogP contribution in [0.5, 0.6) is 0 Å². The van der Waals surface area contributed by atoms with E-state index in [1.165, 1.54) is 0 Å². The Morgan fingerprint density at radius 1 is 1.50 bits per heavy atom. The summed E-state index contributed by atoms with van der Waals surface area (Å²) < 4.78 is 0. The Bertz CT molecular complexity index is 334. The summed E-state index contributed by atoms with van der Waals surface area (Å²) in [6.45, 7) is 5.14. The van der Waals surface area contributed by atoms with Gasteiger partial charge in [-0.1, -0.05) is 13.8 Å². The molecular formula is C11H18N4O. The van der Waals surface area contributed by atoms with E-state index in [1.54, 1.807) is 12.3 Å². The Kier molecular flexibility index (Phi) is 4.72. The zero-order valence-electron chi connectivity index (χ0n) is 9.66. The van der Waals surface area contributed by atoms with Crippen LogP contribution in [0.4, 0.5) is 11.5 Å². The third-order valence-corrected chi connectivity index (χ3v) is 1.93. The molecule has 16 heavy (non-hydrogen) atoms. The molecule has 5 nitrogen and oxygen atoms in total. The second kappa shape index (κ2) is 6.07. The lowest BCUT2D eigenvalue weighted by molar-refractivity contribution is -0.114. The van der Waals surface area contributed by atoms with Gasteiger partial charge in [0.05, 0.1) is 18.4 Å². The van der Waals surface area contributed by atoms with Gasteiger partial charge in [-0.15, -0.1) is 0 Å². The van der Waals surface area contributed by atoms with E-state index in [-0.39, 0.29) is 12.5 Å². The fraction of sp³-hybridized carbons (Fsp3) is 0.455. The van der Waals surface area contributed by atoms with E-state index >= 15 is 0 Å². The Morgan fingerprint density at radius 3 is 2.75 bits per heavy atom. The van der Waals surface area contributed by atoms with Crippen molar-refractivity contribution >= 4 is 17.4 Å². The lowest BCUT2D eigenvalue weighted by atomic mass is 10.2. The van der Waals surface area contributed by atoms with Gasteiger partial charge in [-0.2, -0.15) is 0 Å². The molecule has 0 saturated carbocycles. The lowest BCUT2D eigenvalue weighted by Gasteiger charge is -2.09. The number of rotatable bonds is 5. The smallest absolute Gasteiger partial charge is 0.239 e. The summed E-state index contributed by atoms with van der Waals surface area (Å²) >= 11 is 0. The van der Waals surface area contributed by atoms with Crippen molar-refractivity contribution in [3.8, 4) is 0 Å². The zero-order valence-corrected chi connectivity index (χ0v) is 9.66. The van der Waals surface area contributed by atoms with Crippen LogP contribution < -0.4 is 16.4 Å². The highest BCUT2D eigenvalue weighted by molar-refractivity contribution is 5.91. The van der Waals surface area contributed by atoms with Crippen LogP contribution in [-0.4, -0.2) is 24.0 Å². The molecular weight excluding hydrogens is 204 g/mol. The van der Waals surface area contributed by atoms with Crippen LogP contribution in [0.15, 0.2) is 18.3 Å². The first-order chi connectivity index (χ1) is 7.61. The molecule has 0 radical (unpaired) electrons. The monoisotopic (exact) mass is 222 g/mol. The molecule has 88 valence electrons. The zero-order chi connectivity index (χ0) is 12.0. The van der Waals surface area contributed by atoms with Crippen LogP contribution in [-0.2, 0) is 4.79 Å². The van der Waals surface area contributed by atoms with Crippen molar-refractivity contribution in [2.24, 2.45) is 11.7 Å². The number of anilines is 2. The first-order valence-corrected chi connectivity index (χ1v) is 5.31. The molecule has 0 aliphatic rings. The molecule has 5 heteroatoms. The predicted molar refractivity (Wildman–Crippen MR) is 65.2 cm³/mol. The highest BCUT2D eigenvalue weighted by Crippen LogP contribution is 2.09. The molecule has 1 rings (SSSR count). The first kappa shape index (κ1) is 12.4. The van der Waals surface area contributed by atoms with Crippen molar-refractivity contribution in [1.82, 2.24) is 4.98 Å². The predicted octanol–water partition coefficient (Wildman–Crippen LogP) is 1.05. The van der Waals surface area contributed by atoms with Crippen molar-refractivity contribution < 1.29 is 4.79 Å². The maximum atomic E-state index is 11.0. The summed E-state index contributed by atoms with van der Waals surface area (Å²) in [5, 5.41) is 5.82. The van der Waals surface area contributed by atoms with Gasteiger partial charge >= 0.3 is 0 Å². The summed E-state index contributed by atoms with van der Waals surface area (Å²) in [7, 11) is 0. The number of hydrogen-bond acceptors (Lipinski definition) is 4. The molecule has 0 bridgehead atoms. The third kappa shape index (κ3) is 4.27. The highest BCUT2D eigenvalue weighted by atomic mass is 16.1. The molecule has 0 spiro atoms. The van der Waals surface area contributed by atoms with E-state index in [4.69, 9.17) is 5.73 Å². The van der Waals surface area contributed by atoms with Gasteiger partial charge in [0, 0.05) is 6.54 Å². The number of pyridine rings is 1. The molecule has 0 unspecified atom stereocenters. The van der Waals surface area contributed by atoms with Gasteiger partial charge in [0.15, 0.2) is 0 Å². The molecule has 0 aliphatic carbocycles. The van der Waals surface area contributed by atoms with Gasteiger partial charge < -0.3 is 16.4 Å². The van der Waals surface area contributed by atoms with E-state index in [9.17, 15) is 4.79 Å². The molecule has 0 saturated heterocycles. The maximum absolute atomic E-state index is 11.0. The molecule has 1 amide bonds. The topological polar surface area (TPSA) is 80.0 Å². The Morgan fingerprint density at radius 2 is 2.25 bits per heavy atom. The molecule has 0 aliphatic heterocycles. The van der Waals surface area contributed by atoms with Gasteiger partial charge in [0.25, 0.3) is 0 Å². The molecule has 0 fully saturated rings. The molecule has 4 N–H and O–H groups in total. The van der Waals surface area contributed by atoms with Crippen molar-refractivity contribution in [3.05, 3.63) is 18.3 Å². The van der Waals surface area contributed by atoms with E-state index in [0.29, 0.717) is 11.7 Å². The van der Waals surface area contributed by atoms with E-state index in [0.717, 1.165) is 12.2 Å². The average molecular weight is 222 g/mol. The normalized spacial score (nSPS) is 10.2. The fourth-order valence-electron chi connectivity index (χ4n) is 1.09. The number of aromatic nitrogens is 1. The summed E-state index contributed by atoms with van der Waals surface area (Å²) in [6, 6.07) is 3.62. The van der Waals surface area contributed by atoms with Crippen LogP contribution in [0, 0.1) is 5.92 Å². The number of carbonyl (C=O) groups excluding carboxylic acids is 1. The number of nitrogens with zero attached hydrogens (tertiary/aromatic N) is 1. The van der Waals surface area contributed by atoms with Gasteiger partial charge in [-0.25, -0.2) is 4.98 Å². The maximum Gasteiger partial charge on any atom is 0.239 e. The quantitative estimate of drug-likeness (QED) is 0.695. The van der Waals surface area contributed by atoms with Crippen molar-refractivity contribution in [2.45, 2.75) is 13.8 Å². The minimum Gasteiger partial charge on any atom is -0.384 e. The minimum absolute atomic E-state index is 0.0327. The van der Waals surface area contributed by atoms with Crippen LogP contribution in [0.3, 0.4) is 0 Å². The second-order valence-electron chi connectivity index (χ2n) is 3.96. The molecule has 1 aromatic heterocycles. The molecule has 0 aromatic carbocycles. The average Bonchev–Trinajstić information content (AvgIpc) is 2.28. The summed E-state index contributed by atoms with van der Waals surface area (Å²) in [6.07, 6.45) is 1.69. The van der Waals surface area contributed by atoms with Crippen molar-refractivity contribution in [1.29, 1.82) is 0 Å². The first-order valence-electron chi connectivity index (χ1n) is 5.31. The van der Waals surface area contributed by atoms with E-state index in [1.807, 2.05) is 6.07 Å². The van der Waals surface area contributed by atoms with Crippen LogP contribution >= 0.6 is 0 Å². The molecule has 0 atom stereocenters. The van der Waals surface area contributed by atoms with Crippen LogP contribution in [0.25, 0.3) is 0 Å². The van der Waals surface area contributed by atoms with Crippen molar-refractivity contribution in [3.63, 3.8) is 0 Å². The number of amides is 1. The summed E-state index contributed by atoms with van der Waals surface area (Å²) in [5.74, 6) is 0.859. The Labute approximate surface area is 95.4 Å². The minimum atomic E-state index is -0.240. The van der Waals surface area contributed by atoms with E-state index in [2.05, 4.69) is 29.5 Å². The summed E-state index contributed by atoms with van der Waals surface area (Å²) in [5.41, 5.74) is 6.12. The molecule has 1 aromatic rings. The van der Waals surface area contributed by atoms with Gasteiger partial charge in [-0.3, -0.25) is 4.79 Å². The Hall–Kier alpha value is -1.62. The third-order valence-electron chi connectivity index (χ3n) is 1.93. The number of nitrogens with one attached hydrogen (secondary N) is 2. The van der Waals surface area contributed by atoms with Crippen LogP contribution in [0.2, 0.25) is 0 Å². The SMILES string of the molecule is CC(C)CNc1ccc(NC(=O)CN)nc1. The largest absolute Gasteiger partial charge is 0.384 e. The van der Waals surface area contributed by atoms with E-state index < -0.39 is 0 Å². The lowest BCUT2D eigenvalue weighted by Crippen LogP contribution is -2.22. The Balaban J connectivity index is 2.51. The standard InChI is InChI=1S/C11H18N4O/c1-8(2)6-13-9-3-4-10(14-7-9)15-11(16)5-12/h3-4,7-8,13H,5-6,12H2,1-2H3,(H,14,15,16). The number of carbonyl (C=O) groups is 1. The highest BCUT2D eigenvalue weighted by Gasteiger charge is 2.00.